The molecule has 0 bridgehead atoms. The normalized spacial score (nSPS) is 9.04. The standard InChI is InChI=1S/C8H9F.C7H7Br.C6H10O/c1-2-7-3-5-8(9)6-4-7;1-6-2-4-7(8)5-3-6;1-3-5-6(7)4-2/h3-6H,2H2,1H3;2-5H,1H3;4H,2-3,5H2,1H3. The predicted octanol–water partition coefficient (Wildman–Crippen LogP) is 6.69. The average Bonchev–Trinajstić information content (AvgIpc) is 2.59. The van der Waals surface area contributed by atoms with Gasteiger partial charge in [0.2, 0.25) is 0 Å². The van der Waals surface area contributed by atoms with Crippen molar-refractivity contribution < 1.29 is 9.18 Å². The second-order valence-corrected chi connectivity index (χ2v) is 6.11. The Labute approximate surface area is 153 Å². The van der Waals surface area contributed by atoms with Crippen molar-refractivity contribution in [2.75, 3.05) is 0 Å². The SMILES string of the molecule is C=CC(=O)CCC.CCc1ccc(F)cc1.Cc1ccc(Br)cc1. The third-order valence-corrected chi connectivity index (χ3v) is 3.59. The lowest BCUT2D eigenvalue weighted by Crippen LogP contribution is -1.87. The molecule has 0 amide bonds. The summed E-state index contributed by atoms with van der Waals surface area (Å²) in [6.07, 6.45) is 3.90. The number of hydrogen-bond acceptors (Lipinski definition) is 1. The van der Waals surface area contributed by atoms with Gasteiger partial charge in [0.25, 0.3) is 0 Å². The number of hydrogen-bond donors (Lipinski definition) is 0. The topological polar surface area (TPSA) is 17.1 Å². The van der Waals surface area contributed by atoms with E-state index in [4.69, 9.17) is 0 Å². The van der Waals surface area contributed by atoms with E-state index in [1.165, 1.54) is 29.3 Å². The molecular weight excluding hydrogens is 367 g/mol. The second-order valence-electron chi connectivity index (χ2n) is 5.20. The van der Waals surface area contributed by atoms with Crippen molar-refractivity contribution in [3.8, 4) is 0 Å². The summed E-state index contributed by atoms with van der Waals surface area (Å²) >= 11 is 3.35. The fourth-order valence-corrected chi connectivity index (χ4v) is 1.87. The lowest BCUT2D eigenvalue weighted by molar-refractivity contribution is -0.114. The molecule has 1 nitrogen and oxygen atoms in total. The average molecular weight is 393 g/mol. The van der Waals surface area contributed by atoms with Crippen LogP contribution in [0.5, 0.6) is 0 Å². The van der Waals surface area contributed by atoms with Gasteiger partial charge in [-0.1, -0.05) is 66.2 Å². The molecular formula is C21H26BrFO. The number of benzene rings is 2. The number of rotatable bonds is 4. The van der Waals surface area contributed by atoms with Crippen molar-refractivity contribution in [3.63, 3.8) is 0 Å². The Balaban J connectivity index is 0.000000334. The molecule has 2 aromatic rings. The largest absolute Gasteiger partial charge is 0.295 e. The first-order chi connectivity index (χ1) is 11.4. The summed E-state index contributed by atoms with van der Waals surface area (Å²) < 4.78 is 13.4. The second kappa shape index (κ2) is 13.7. The number of aryl methyl sites for hydroxylation is 2. The van der Waals surface area contributed by atoms with Crippen LogP contribution < -0.4 is 0 Å². The highest BCUT2D eigenvalue weighted by atomic mass is 79.9. The number of halogens is 2. The van der Waals surface area contributed by atoms with Gasteiger partial charge in [0.1, 0.15) is 5.82 Å². The molecule has 0 heterocycles. The summed E-state index contributed by atoms with van der Waals surface area (Å²) in [5.41, 5.74) is 2.48. The van der Waals surface area contributed by atoms with E-state index in [1.807, 2.05) is 26.0 Å². The van der Waals surface area contributed by atoms with Crippen molar-refractivity contribution >= 4 is 21.7 Å². The molecule has 0 aliphatic carbocycles. The van der Waals surface area contributed by atoms with E-state index in [2.05, 4.69) is 41.6 Å². The molecule has 0 unspecified atom stereocenters. The summed E-state index contributed by atoms with van der Waals surface area (Å²) in [5, 5.41) is 0. The monoisotopic (exact) mass is 392 g/mol. The van der Waals surface area contributed by atoms with E-state index in [9.17, 15) is 9.18 Å². The first kappa shape index (κ1) is 22.3. The first-order valence-corrected chi connectivity index (χ1v) is 8.84. The zero-order valence-corrected chi connectivity index (χ0v) is 16.3. The molecule has 0 radical (unpaired) electrons. The van der Waals surface area contributed by atoms with Crippen molar-refractivity contribution in [2.24, 2.45) is 0 Å². The Morgan fingerprint density at radius 2 is 1.62 bits per heavy atom. The van der Waals surface area contributed by atoms with Crippen LogP contribution in [0.15, 0.2) is 65.7 Å². The van der Waals surface area contributed by atoms with Gasteiger partial charge in [0.15, 0.2) is 5.78 Å². The van der Waals surface area contributed by atoms with Gasteiger partial charge in [-0.25, -0.2) is 4.39 Å². The molecule has 0 atom stereocenters. The maximum Gasteiger partial charge on any atom is 0.155 e. The van der Waals surface area contributed by atoms with Crippen molar-refractivity contribution in [2.45, 2.75) is 40.0 Å². The summed E-state index contributed by atoms with van der Waals surface area (Å²) in [6.45, 7) is 9.43. The van der Waals surface area contributed by atoms with Gasteiger partial charge < -0.3 is 0 Å². The van der Waals surface area contributed by atoms with Gasteiger partial charge in [-0.3, -0.25) is 4.79 Å². The molecule has 0 fully saturated rings. The Hall–Kier alpha value is -1.74. The van der Waals surface area contributed by atoms with Gasteiger partial charge >= 0.3 is 0 Å². The molecule has 0 aromatic heterocycles. The number of carbonyl (C=O) groups is 1. The first-order valence-electron chi connectivity index (χ1n) is 8.04. The highest BCUT2D eigenvalue weighted by molar-refractivity contribution is 9.10. The molecule has 0 aliphatic heterocycles. The number of carbonyl (C=O) groups excluding carboxylic acids is 1. The zero-order valence-electron chi connectivity index (χ0n) is 14.7. The van der Waals surface area contributed by atoms with Crippen molar-refractivity contribution in [1.29, 1.82) is 0 Å². The fraction of sp³-hybridized carbons (Fsp3) is 0.286. The van der Waals surface area contributed by atoms with Crippen LogP contribution in [0, 0.1) is 12.7 Å². The van der Waals surface area contributed by atoms with Crippen LogP contribution >= 0.6 is 15.9 Å². The minimum Gasteiger partial charge on any atom is -0.295 e. The minimum atomic E-state index is -0.160. The van der Waals surface area contributed by atoms with Gasteiger partial charge in [-0.05, 0) is 55.7 Å². The quantitative estimate of drug-likeness (QED) is 0.529. The van der Waals surface area contributed by atoms with E-state index in [1.54, 1.807) is 12.1 Å². The highest BCUT2D eigenvalue weighted by Gasteiger charge is 1.88. The summed E-state index contributed by atoms with van der Waals surface area (Å²) in [6, 6.07) is 14.8. The van der Waals surface area contributed by atoms with Crippen LogP contribution in [0.2, 0.25) is 0 Å². The predicted molar refractivity (Wildman–Crippen MR) is 105 cm³/mol. The van der Waals surface area contributed by atoms with Crippen LogP contribution in [-0.4, -0.2) is 5.78 Å². The maximum absolute atomic E-state index is 12.2. The Morgan fingerprint density at radius 1 is 1.08 bits per heavy atom. The summed E-state index contributed by atoms with van der Waals surface area (Å²) in [4.78, 5) is 10.3. The van der Waals surface area contributed by atoms with Crippen LogP contribution in [0.3, 0.4) is 0 Å². The van der Waals surface area contributed by atoms with E-state index >= 15 is 0 Å². The van der Waals surface area contributed by atoms with Crippen molar-refractivity contribution in [1.82, 2.24) is 0 Å². The van der Waals surface area contributed by atoms with E-state index in [0.717, 1.165) is 17.3 Å². The molecule has 0 aliphatic rings. The lowest BCUT2D eigenvalue weighted by Gasteiger charge is -1.92. The Kier molecular flexibility index (Phi) is 12.7. The zero-order chi connectivity index (χ0) is 18.4. The summed E-state index contributed by atoms with van der Waals surface area (Å²) in [7, 11) is 0. The third-order valence-electron chi connectivity index (χ3n) is 3.06. The van der Waals surface area contributed by atoms with Crippen molar-refractivity contribution in [3.05, 3.63) is 82.6 Å². The number of allylic oxidation sites excluding steroid dienone is 1. The van der Waals surface area contributed by atoms with Gasteiger partial charge in [0.05, 0.1) is 0 Å². The molecule has 130 valence electrons. The van der Waals surface area contributed by atoms with Gasteiger partial charge in [0, 0.05) is 10.9 Å². The molecule has 0 saturated heterocycles. The summed E-state index contributed by atoms with van der Waals surface area (Å²) in [5.74, 6) is -0.0188. The molecule has 2 rings (SSSR count). The Morgan fingerprint density at radius 3 is 1.96 bits per heavy atom. The third kappa shape index (κ3) is 11.8. The maximum atomic E-state index is 12.2. The molecule has 0 spiro atoms. The molecule has 2 aromatic carbocycles. The van der Waals surface area contributed by atoms with Crippen LogP contribution in [0.4, 0.5) is 4.39 Å². The molecule has 0 saturated carbocycles. The van der Waals surface area contributed by atoms with E-state index < -0.39 is 0 Å². The van der Waals surface area contributed by atoms with Crippen LogP contribution in [0.25, 0.3) is 0 Å². The lowest BCUT2D eigenvalue weighted by atomic mass is 10.2. The fourth-order valence-electron chi connectivity index (χ4n) is 1.60. The minimum absolute atomic E-state index is 0.141. The van der Waals surface area contributed by atoms with E-state index in [0.29, 0.717) is 6.42 Å². The Bertz CT molecular complexity index is 567. The molecule has 3 heteroatoms. The molecule has 24 heavy (non-hydrogen) atoms. The van der Waals surface area contributed by atoms with E-state index in [-0.39, 0.29) is 11.6 Å². The molecule has 0 N–H and O–H groups in total. The van der Waals surface area contributed by atoms with Gasteiger partial charge in [-0.15, -0.1) is 0 Å². The number of ketones is 1. The van der Waals surface area contributed by atoms with Gasteiger partial charge in [-0.2, -0.15) is 0 Å². The van der Waals surface area contributed by atoms with Crippen LogP contribution in [0.1, 0.15) is 37.8 Å². The van der Waals surface area contributed by atoms with Crippen LogP contribution in [-0.2, 0) is 11.2 Å². The highest BCUT2D eigenvalue weighted by Crippen LogP contribution is 2.08. The smallest absolute Gasteiger partial charge is 0.155 e.